The molecule has 1 aliphatic rings. The second-order valence-electron chi connectivity index (χ2n) is 7.24. The zero-order chi connectivity index (χ0) is 21.8. The van der Waals surface area contributed by atoms with Crippen LogP contribution in [-0.2, 0) is 4.79 Å². The summed E-state index contributed by atoms with van der Waals surface area (Å²) in [5, 5.41) is 6.98. The summed E-state index contributed by atoms with van der Waals surface area (Å²) in [6, 6.07) is 12.8. The fraction of sp³-hybridized carbons (Fsp3) is 0.217. The Bertz CT molecular complexity index is 1150. The van der Waals surface area contributed by atoms with Crippen LogP contribution in [0.4, 0.5) is 11.6 Å². The number of fused-ring (bicyclic) bond motifs is 1. The number of ether oxygens (including phenoxy) is 1. The molecule has 0 radical (unpaired) electrons. The number of anilines is 2. The zero-order valence-electron chi connectivity index (χ0n) is 17.2. The van der Waals surface area contributed by atoms with Crippen LogP contribution in [0.3, 0.4) is 0 Å². The van der Waals surface area contributed by atoms with Gasteiger partial charge in [-0.3, -0.25) is 9.59 Å². The number of carbonyl (C=O) groups is 2. The number of carbonyl (C=O) groups excluding carboxylic acids is 2. The van der Waals surface area contributed by atoms with Crippen molar-refractivity contribution in [3.8, 4) is 5.75 Å². The maximum atomic E-state index is 13.1. The summed E-state index contributed by atoms with van der Waals surface area (Å²) >= 11 is 0. The van der Waals surface area contributed by atoms with Gasteiger partial charge < -0.3 is 20.3 Å². The van der Waals surface area contributed by atoms with Crippen LogP contribution in [0.25, 0.3) is 10.9 Å². The van der Waals surface area contributed by atoms with Gasteiger partial charge in [-0.15, -0.1) is 0 Å². The summed E-state index contributed by atoms with van der Waals surface area (Å²) in [6.07, 6.45) is 3.76. The van der Waals surface area contributed by atoms with Crippen molar-refractivity contribution in [3.63, 3.8) is 0 Å². The molecule has 0 saturated carbocycles. The van der Waals surface area contributed by atoms with Crippen LogP contribution in [0, 0.1) is 0 Å². The van der Waals surface area contributed by atoms with Gasteiger partial charge >= 0.3 is 0 Å². The summed E-state index contributed by atoms with van der Waals surface area (Å²) in [6.45, 7) is 4.58. The molecule has 1 aliphatic heterocycles. The maximum absolute atomic E-state index is 13.1. The normalized spacial score (nSPS) is 15.5. The number of likely N-dealkylation sites (tertiary alicyclic amines) is 1. The first-order chi connectivity index (χ1) is 15.1. The highest BCUT2D eigenvalue weighted by molar-refractivity contribution is 6.01. The van der Waals surface area contributed by atoms with Gasteiger partial charge in [0.2, 0.25) is 11.9 Å². The molecule has 1 atom stereocenters. The van der Waals surface area contributed by atoms with Crippen LogP contribution in [0.5, 0.6) is 5.75 Å². The second-order valence-corrected chi connectivity index (χ2v) is 7.24. The van der Waals surface area contributed by atoms with Crippen LogP contribution in [0.2, 0.25) is 0 Å². The topological polar surface area (TPSA) is 96.5 Å². The lowest BCUT2D eigenvalue weighted by molar-refractivity contribution is -0.111. The quantitative estimate of drug-likeness (QED) is 0.599. The van der Waals surface area contributed by atoms with Crippen molar-refractivity contribution in [2.45, 2.75) is 12.5 Å². The summed E-state index contributed by atoms with van der Waals surface area (Å²) in [7, 11) is 1.50. The van der Waals surface area contributed by atoms with Gasteiger partial charge in [0.15, 0.2) is 0 Å². The Labute approximate surface area is 179 Å². The summed E-state index contributed by atoms with van der Waals surface area (Å²) in [5.41, 5.74) is 1.86. The van der Waals surface area contributed by atoms with Crippen molar-refractivity contribution in [3.05, 3.63) is 66.9 Å². The first-order valence-corrected chi connectivity index (χ1v) is 9.96. The fourth-order valence-corrected chi connectivity index (χ4v) is 3.60. The molecule has 1 fully saturated rings. The van der Waals surface area contributed by atoms with Gasteiger partial charge in [-0.1, -0.05) is 24.8 Å². The first kappa shape index (κ1) is 20.3. The summed E-state index contributed by atoms with van der Waals surface area (Å²) in [5.74, 6) is 0.506. The van der Waals surface area contributed by atoms with E-state index in [1.807, 2.05) is 24.3 Å². The molecule has 1 saturated heterocycles. The molecule has 0 aliphatic carbocycles. The monoisotopic (exact) mass is 417 g/mol. The van der Waals surface area contributed by atoms with Crippen molar-refractivity contribution < 1.29 is 14.3 Å². The molecule has 158 valence electrons. The SMILES string of the molecule is C=CC(=O)Nc1ccc(C(=O)N2CC[C@@H](Nc3ncc4ccccc4n3)C2)c(OC)c1. The molecule has 8 nitrogen and oxygen atoms in total. The average Bonchev–Trinajstić information content (AvgIpc) is 3.26. The smallest absolute Gasteiger partial charge is 0.257 e. The van der Waals surface area contributed by atoms with Gasteiger partial charge in [0.1, 0.15) is 5.75 Å². The predicted octanol–water partition coefficient (Wildman–Crippen LogP) is 3.09. The van der Waals surface area contributed by atoms with Gasteiger partial charge in [0, 0.05) is 42.5 Å². The Morgan fingerprint density at radius 1 is 1.26 bits per heavy atom. The Kier molecular flexibility index (Phi) is 5.79. The molecule has 8 heteroatoms. The van der Waals surface area contributed by atoms with Crippen LogP contribution in [0.15, 0.2) is 61.3 Å². The highest BCUT2D eigenvalue weighted by atomic mass is 16.5. The molecule has 1 aromatic heterocycles. The van der Waals surface area contributed by atoms with E-state index in [0.717, 1.165) is 17.3 Å². The molecular formula is C23H23N5O3. The Balaban J connectivity index is 1.44. The Morgan fingerprint density at radius 3 is 2.90 bits per heavy atom. The van der Waals surface area contributed by atoms with E-state index in [2.05, 4.69) is 27.2 Å². The molecule has 0 spiro atoms. The minimum absolute atomic E-state index is 0.0576. The molecule has 2 N–H and O–H groups in total. The number of methoxy groups -OCH3 is 1. The number of aromatic nitrogens is 2. The predicted molar refractivity (Wildman–Crippen MR) is 119 cm³/mol. The van der Waals surface area contributed by atoms with E-state index in [-0.39, 0.29) is 17.9 Å². The van der Waals surface area contributed by atoms with Crippen molar-refractivity contribution in [1.82, 2.24) is 14.9 Å². The van der Waals surface area contributed by atoms with Gasteiger partial charge in [0.25, 0.3) is 5.91 Å². The van der Waals surface area contributed by atoms with Gasteiger partial charge in [-0.25, -0.2) is 9.97 Å². The Hall–Kier alpha value is -3.94. The minimum atomic E-state index is -0.328. The molecule has 0 bridgehead atoms. The number of nitrogens with zero attached hydrogens (tertiary/aromatic N) is 3. The van der Waals surface area contributed by atoms with E-state index in [1.54, 1.807) is 29.3 Å². The van der Waals surface area contributed by atoms with E-state index >= 15 is 0 Å². The third kappa shape index (κ3) is 4.48. The molecule has 31 heavy (non-hydrogen) atoms. The highest BCUT2D eigenvalue weighted by Crippen LogP contribution is 2.26. The number of benzene rings is 2. The second kappa shape index (κ2) is 8.83. The highest BCUT2D eigenvalue weighted by Gasteiger charge is 2.29. The van der Waals surface area contributed by atoms with E-state index in [1.165, 1.54) is 13.2 Å². The molecular weight excluding hydrogens is 394 g/mol. The molecule has 4 rings (SSSR count). The van der Waals surface area contributed by atoms with E-state index < -0.39 is 0 Å². The van der Waals surface area contributed by atoms with Crippen LogP contribution in [0.1, 0.15) is 16.8 Å². The molecule has 2 aromatic carbocycles. The lowest BCUT2D eigenvalue weighted by atomic mass is 10.1. The summed E-state index contributed by atoms with van der Waals surface area (Å²) in [4.78, 5) is 35.3. The first-order valence-electron chi connectivity index (χ1n) is 9.96. The average molecular weight is 417 g/mol. The van der Waals surface area contributed by atoms with E-state index in [9.17, 15) is 9.59 Å². The van der Waals surface area contributed by atoms with Crippen LogP contribution in [-0.4, -0.2) is 52.9 Å². The lowest BCUT2D eigenvalue weighted by Crippen LogP contribution is -2.32. The lowest BCUT2D eigenvalue weighted by Gasteiger charge is -2.19. The third-order valence-electron chi connectivity index (χ3n) is 5.18. The largest absolute Gasteiger partial charge is 0.496 e. The standard InChI is InChI=1S/C23H23N5O3/c1-3-21(29)25-16-8-9-18(20(12-16)31-2)22(30)28-11-10-17(14-28)26-23-24-13-15-6-4-5-7-19(15)27-23/h3-9,12-13,17H,1,10-11,14H2,2H3,(H,25,29)(H,24,26,27)/t17-/m1/s1. The van der Waals surface area contributed by atoms with E-state index in [0.29, 0.717) is 36.0 Å². The molecule has 2 heterocycles. The molecule has 3 aromatic rings. The number of hydrogen-bond acceptors (Lipinski definition) is 6. The Morgan fingerprint density at radius 2 is 2.10 bits per heavy atom. The van der Waals surface area contributed by atoms with Crippen LogP contribution < -0.4 is 15.4 Å². The number of hydrogen-bond donors (Lipinski definition) is 2. The van der Waals surface area contributed by atoms with Crippen molar-refractivity contribution in [2.24, 2.45) is 0 Å². The number of para-hydroxylation sites is 1. The van der Waals surface area contributed by atoms with Gasteiger partial charge in [0.05, 0.1) is 18.2 Å². The van der Waals surface area contributed by atoms with Gasteiger partial charge in [-0.2, -0.15) is 0 Å². The molecule has 2 amide bonds. The number of nitrogens with one attached hydrogen (secondary N) is 2. The van der Waals surface area contributed by atoms with E-state index in [4.69, 9.17) is 4.74 Å². The summed E-state index contributed by atoms with van der Waals surface area (Å²) < 4.78 is 5.39. The fourth-order valence-electron chi connectivity index (χ4n) is 3.60. The number of rotatable bonds is 6. The molecule has 0 unspecified atom stereocenters. The van der Waals surface area contributed by atoms with Crippen molar-refractivity contribution in [2.75, 3.05) is 30.8 Å². The zero-order valence-corrected chi connectivity index (χ0v) is 17.2. The van der Waals surface area contributed by atoms with Crippen molar-refractivity contribution in [1.29, 1.82) is 0 Å². The maximum Gasteiger partial charge on any atom is 0.257 e. The number of amides is 2. The third-order valence-corrected chi connectivity index (χ3v) is 5.18. The van der Waals surface area contributed by atoms with Crippen LogP contribution >= 0.6 is 0 Å². The van der Waals surface area contributed by atoms with Gasteiger partial charge in [-0.05, 0) is 30.7 Å². The van der Waals surface area contributed by atoms with Crippen molar-refractivity contribution >= 4 is 34.4 Å². The minimum Gasteiger partial charge on any atom is -0.496 e.